The SMILES string of the molecule is O=C(O)N1CCC23CCCCC2C1Cc1ccc(O)cc13. The van der Waals surface area contributed by atoms with Crippen LogP contribution in [0.25, 0.3) is 0 Å². The molecule has 0 spiro atoms. The van der Waals surface area contributed by atoms with Gasteiger partial charge < -0.3 is 15.1 Å². The summed E-state index contributed by atoms with van der Waals surface area (Å²) in [7, 11) is 0. The second-order valence-corrected chi connectivity index (χ2v) is 6.85. The first-order valence-electron chi connectivity index (χ1n) is 7.94. The van der Waals surface area contributed by atoms with E-state index in [4.69, 9.17) is 0 Å². The van der Waals surface area contributed by atoms with E-state index in [0.717, 1.165) is 25.7 Å². The van der Waals surface area contributed by atoms with Crippen LogP contribution in [0.1, 0.15) is 43.2 Å². The van der Waals surface area contributed by atoms with Gasteiger partial charge in [0.1, 0.15) is 5.75 Å². The minimum atomic E-state index is -0.776. The van der Waals surface area contributed by atoms with Crippen molar-refractivity contribution in [1.29, 1.82) is 0 Å². The molecule has 1 aliphatic heterocycles. The van der Waals surface area contributed by atoms with Gasteiger partial charge in [0.2, 0.25) is 0 Å². The molecule has 0 aromatic heterocycles. The number of likely N-dealkylation sites (tertiary alicyclic amines) is 1. The molecule has 2 aliphatic carbocycles. The smallest absolute Gasteiger partial charge is 0.407 e. The van der Waals surface area contributed by atoms with Gasteiger partial charge in [-0.2, -0.15) is 0 Å². The van der Waals surface area contributed by atoms with E-state index >= 15 is 0 Å². The summed E-state index contributed by atoms with van der Waals surface area (Å²) in [6.45, 7) is 0.631. The van der Waals surface area contributed by atoms with Gasteiger partial charge in [-0.3, -0.25) is 0 Å². The van der Waals surface area contributed by atoms with E-state index < -0.39 is 6.09 Å². The number of amides is 1. The van der Waals surface area contributed by atoms with Crippen LogP contribution in [0.2, 0.25) is 0 Å². The topological polar surface area (TPSA) is 60.8 Å². The summed E-state index contributed by atoms with van der Waals surface area (Å²) in [5.74, 6) is 0.761. The van der Waals surface area contributed by atoms with Gasteiger partial charge >= 0.3 is 6.09 Å². The van der Waals surface area contributed by atoms with Crippen molar-refractivity contribution in [3.8, 4) is 5.75 Å². The van der Waals surface area contributed by atoms with Gasteiger partial charge in [0.25, 0.3) is 0 Å². The molecule has 3 aliphatic rings. The van der Waals surface area contributed by atoms with E-state index in [1.54, 1.807) is 11.0 Å². The quantitative estimate of drug-likeness (QED) is 0.770. The predicted octanol–water partition coefficient (Wildman–Crippen LogP) is 3.13. The first-order chi connectivity index (χ1) is 10.1. The zero-order valence-electron chi connectivity index (χ0n) is 12.1. The van der Waals surface area contributed by atoms with Crippen LogP contribution in [-0.4, -0.2) is 33.8 Å². The van der Waals surface area contributed by atoms with E-state index in [1.165, 1.54) is 24.0 Å². The maximum Gasteiger partial charge on any atom is 0.407 e. The molecule has 2 bridgehead atoms. The second kappa shape index (κ2) is 4.39. The molecule has 112 valence electrons. The summed E-state index contributed by atoms with van der Waals surface area (Å²) in [6, 6.07) is 5.80. The van der Waals surface area contributed by atoms with Crippen LogP contribution in [0.5, 0.6) is 5.75 Å². The van der Waals surface area contributed by atoms with E-state index in [-0.39, 0.29) is 11.5 Å². The highest BCUT2D eigenvalue weighted by atomic mass is 16.4. The van der Waals surface area contributed by atoms with Crippen molar-refractivity contribution in [1.82, 2.24) is 4.90 Å². The van der Waals surface area contributed by atoms with Crippen LogP contribution in [0.4, 0.5) is 4.79 Å². The molecular weight excluding hydrogens is 266 g/mol. The van der Waals surface area contributed by atoms with E-state index in [0.29, 0.717) is 18.2 Å². The summed E-state index contributed by atoms with van der Waals surface area (Å²) in [6.07, 6.45) is 5.59. The Hall–Kier alpha value is -1.71. The molecule has 1 amide bonds. The molecule has 2 N–H and O–H groups in total. The number of rotatable bonds is 0. The molecule has 2 fully saturated rings. The zero-order valence-corrected chi connectivity index (χ0v) is 12.1. The number of phenols is 1. The van der Waals surface area contributed by atoms with Crippen LogP contribution in [0, 0.1) is 5.92 Å². The monoisotopic (exact) mass is 287 g/mol. The fourth-order valence-corrected chi connectivity index (χ4v) is 5.23. The molecule has 1 saturated heterocycles. The average molecular weight is 287 g/mol. The van der Waals surface area contributed by atoms with Crippen molar-refractivity contribution in [3.63, 3.8) is 0 Å². The summed E-state index contributed by atoms with van der Waals surface area (Å²) in [5, 5.41) is 19.4. The normalized spacial score (nSPS) is 34.0. The standard InChI is InChI=1S/C17H21NO3/c19-12-5-4-11-9-15-13-3-1-2-6-17(13,14(11)10-12)7-8-18(15)16(20)21/h4-5,10,13,15,19H,1-3,6-9H2,(H,20,21). The van der Waals surface area contributed by atoms with Crippen LogP contribution in [0.15, 0.2) is 18.2 Å². The van der Waals surface area contributed by atoms with E-state index in [9.17, 15) is 15.0 Å². The minimum absolute atomic E-state index is 0.0984. The number of hydrogen-bond acceptors (Lipinski definition) is 2. The number of carbonyl (C=O) groups is 1. The molecule has 4 heteroatoms. The fraction of sp³-hybridized carbons (Fsp3) is 0.588. The zero-order chi connectivity index (χ0) is 14.6. The maximum atomic E-state index is 11.6. The molecule has 0 radical (unpaired) electrons. The maximum absolute atomic E-state index is 11.6. The van der Waals surface area contributed by atoms with Crippen LogP contribution < -0.4 is 0 Å². The Morgan fingerprint density at radius 3 is 2.95 bits per heavy atom. The fourth-order valence-electron chi connectivity index (χ4n) is 5.23. The molecule has 1 heterocycles. The van der Waals surface area contributed by atoms with Crippen molar-refractivity contribution in [2.24, 2.45) is 5.92 Å². The number of aromatic hydroxyl groups is 1. The Labute approximate surface area is 124 Å². The van der Waals surface area contributed by atoms with Crippen molar-refractivity contribution in [2.75, 3.05) is 6.54 Å². The highest BCUT2D eigenvalue weighted by molar-refractivity contribution is 5.66. The summed E-state index contributed by atoms with van der Waals surface area (Å²) in [5.41, 5.74) is 2.64. The first-order valence-corrected chi connectivity index (χ1v) is 7.94. The van der Waals surface area contributed by atoms with E-state index in [1.807, 2.05) is 12.1 Å². The lowest BCUT2D eigenvalue weighted by Gasteiger charge is -2.58. The van der Waals surface area contributed by atoms with Gasteiger partial charge in [0, 0.05) is 18.0 Å². The second-order valence-electron chi connectivity index (χ2n) is 6.85. The molecule has 1 saturated carbocycles. The van der Waals surface area contributed by atoms with Crippen LogP contribution in [-0.2, 0) is 11.8 Å². The average Bonchev–Trinajstić information content (AvgIpc) is 2.48. The van der Waals surface area contributed by atoms with Crippen molar-refractivity contribution >= 4 is 6.09 Å². The summed E-state index contributed by atoms with van der Waals surface area (Å²) >= 11 is 0. The van der Waals surface area contributed by atoms with Gasteiger partial charge in [-0.15, -0.1) is 0 Å². The van der Waals surface area contributed by atoms with Crippen molar-refractivity contribution in [2.45, 2.75) is 50.0 Å². The number of phenolic OH excluding ortho intramolecular Hbond substituents is 1. The van der Waals surface area contributed by atoms with Gasteiger partial charge in [-0.25, -0.2) is 4.79 Å². The lowest BCUT2D eigenvalue weighted by atomic mass is 9.52. The molecule has 1 aromatic carbocycles. The molecule has 3 atom stereocenters. The Morgan fingerprint density at radius 2 is 2.14 bits per heavy atom. The highest BCUT2D eigenvalue weighted by Gasteiger charge is 2.54. The lowest BCUT2D eigenvalue weighted by Crippen LogP contribution is -2.61. The lowest BCUT2D eigenvalue weighted by molar-refractivity contribution is -0.00286. The molecule has 3 unspecified atom stereocenters. The number of hydrogen-bond donors (Lipinski definition) is 2. The third-order valence-electron chi connectivity index (χ3n) is 6.07. The largest absolute Gasteiger partial charge is 0.508 e. The molecule has 21 heavy (non-hydrogen) atoms. The van der Waals surface area contributed by atoms with Crippen molar-refractivity contribution in [3.05, 3.63) is 29.3 Å². The van der Waals surface area contributed by atoms with Crippen LogP contribution >= 0.6 is 0 Å². The Balaban J connectivity index is 1.87. The van der Waals surface area contributed by atoms with Crippen molar-refractivity contribution < 1.29 is 15.0 Å². The van der Waals surface area contributed by atoms with Gasteiger partial charge in [-0.1, -0.05) is 18.9 Å². The number of benzene rings is 1. The number of fused-ring (bicyclic) bond motifs is 1. The van der Waals surface area contributed by atoms with Gasteiger partial charge in [-0.05, 0) is 54.9 Å². The third-order valence-corrected chi connectivity index (χ3v) is 6.07. The molecule has 1 aromatic rings. The molecular formula is C17H21NO3. The Morgan fingerprint density at radius 1 is 1.29 bits per heavy atom. The molecule has 4 rings (SSSR count). The summed E-state index contributed by atoms with van der Waals surface area (Å²) in [4.78, 5) is 13.2. The number of piperidine rings is 1. The highest BCUT2D eigenvalue weighted by Crippen LogP contribution is 2.56. The predicted molar refractivity (Wildman–Crippen MR) is 78.6 cm³/mol. The Bertz CT molecular complexity index is 600. The Kier molecular flexibility index (Phi) is 2.72. The number of carboxylic acid groups (broad SMARTS) is 1. The third kappa shape index (κ3) is 1.71. The summed E-state index contributed by atoms with van der Waals surface area (Å²) < 4.78 is 0. The molecule has 4 nitrogen and oxygen atoms in total. The number of nitrogens with zero attached hydrogens (tertiary/aromatic N) is 1. The van der Waals surface area contributed by atoms with Gasteiger partial charge in [0.15, 0.2) is 0 Å². The minimum Gasteiger partial charge on any atom is -0.508 e. The first kappa shape index (κ1) is 13.0. The van der Waals surface area contributed by atoms with Crippen LogP contribution in [0.3, 0.4) is 0 Å². The van der Waals surface area contributed by atoms with E-state index in [2.05, 4.69) is 0 Å². The van der Waals surface area contributed by atoms with Gasteiger partial charge in [0.05, 0.1) is 0 Å².